The summed E-state index contributed by atoms with van der Waals surface area (Å²) in [7, 11) is 4.77. The molecule has 3 rings (SSSR count). The van der Waals surface area contributed by atoms with Crippen molar-refractivity contribution in [2.24, 2.45) is 0 Å². The van der Waals surface area contributed by atoms with E-state index < -0.39 is 6.04 Å². The molecule has 7 nitrogen and oxygen atoms in total. The lowest BCUT2D eigenvalue weighted by molar-refractivity contribution is -0.141. The molecule has 0 saturated heterocycles. The number of benzene rings is 1. The van der Waals surface area contributed by atoms with Gasteiger partial charge in [-0.3, -0.25) is 9.59 Å². The zero-order valence-electron chi connectivity index (χ0n) is 16.6. The smallest absolute Gasteiger partial charge is 0.242 e. The quantitative estimate of drug-likeness (QED) is 0.791. The molecule has 1 aliphatic heterocycles. The van der Waals surface area contributed by atoms with Crippen LogP contribution in [0.5, 0.6) is 11.5 Å². The van der Waals surface area contributed by atoms with Crippen LogP contribution < -0.4 is 14.8 Å². The average Bonchev–Trinajstić information content (AvgIpc) is 3.24. The van der Waals surface area contributed by atoms with Crippen molar-refractivity contribution in [3.63, 3.8) is 0 Å². The minimum absolute atomic E-state index is 0.0128. The molecular weight excluding hydrogens is 358 g/mol. The molecule has 28 heavy (non-hydrogen) atoms. The molecular formula is C21H27N3O4. The normalized spacial score (nSPS) is 15.7. The first-order chi connectivity index (χ1) is 13.6. The van der Waals surface area contributed by atoms with E-state index in [0.717, 1.165) is 24.1 Å². The van der Waals surface area contributed by atoms with Crippen molar-refractivity contribution >= 4 is 11.8 Å². The Morgan fingerprint density at radius 2 is 1.75 bits per heavy atom. The fraction of sp³-hybridized carbons (Fsp3) is 0.429. The number of amides is 2. The molecule has 0 saturated carbocycles. The van der Waals surface area contributed by atoms with Gasteiger partial charge in [-0.05, 0) is 41.8 Å². The van der Waals surface area contributed by atoms with Crippen molar-refractivity contribution in [2.45, 2.75) is 38.4 Å². The molecule has 1 N–H and O–H groups in total. The van der Waals surface area contributed by atoms with Gasteiger partial charge >= 0.3 is 0 Å². The molecule has 2 amide bonds. The maximum Gasteiger partial charge on any atom is 0.242 e. The average molecular weight is 385 g/mol. The van der Waals surface area contributed by atoms with Gasteiger partial charge in [0.05, 0.1) is 14.2 Å². The number of fused-ring (bicyclic) bond motifs is 1. The molecule has 1 aromatic carbocycles. The number of hydrogen-bond donors (Lipinski definition) is 1. The van der Waals surface area contributed by atoms with Gasteiger partial charge in [-0.25, -0.2) is 0 Å². The lowest BCUT2D eigenvalue weighted by atomic mass is 9.92. The van der Waals surface area contributed by atoms with Gasteiger partial charge in [-0.15, -0.1) is 0 Å². The Labute approximate surface area is 165 Å². The molecule has 0 fully saturated rings. The van der Waals surface area contributed by atoms with Crippen molar-refractivity contribution in [1.29, 1.82) is 0 Å². The van der Waals surface area contributed by atoms with Crippen LogP contribution in [0.2, 0.25) is 0 Å². The predicted octanol–water partition coefficient (Wildman–Crippen LogP) is 1.98. The number of carbonyl (C=O) groups excluding carboxylic acids is 2. The highest BCUT2D eigenvalue weighted by atomic mass is 16.5. The van der Waals surface area contributed by atoms with Gasteiger partial charge in [0.1, 0.15) is 6.04 Å². The molecule has 1 aromatic heterocycles. The van der Waals surface area contributed by atoms with Crippen LogP contribution in [-0.2, 0) is 29.1 Å². The van der Waals surface area contributed by atoms with Crippen LogP contribution in [-0.4, -0.2) is 48.6 Å². The van der Waals surface area contributed by atoms with E-state index in [2.05, 4.69) is 5.32 Å². The van der Waals surface area contributed by atoms with E-state index in [1.54, 1.807) is 26.2 Å². The minimum atomic E-state index is -0.519. The van der Waals surface area contributed by atoms with Crippen molar-refractivity contribution in [2.75, 3.05) is 21.3 Å². The standard InChI is InChI=1S/C21H27N3O4/c1-22-21(26)17-11-15-12-18(27-2)19(28-3)13-16(15)14-24(17)20(25)7-6-10-23-8-4-5-9-23/h4-5,8-9,12-13,17H,6-7,10-11,14H2,1-3H3,(H,22,26). The molecule has 1 aliphatic rings. The Morgan fingerprint density at radius 1 is 1.11 bits per heavy atom. The number of methoxy groups -OCH3 is 2. The van der Waals surface area contributed by atoms with Crippen molar-refractivity contribution in [3.8, 4) is 11.5 Å². The molecule has 0 aliphatic carbocycles. The zero-order valence-corrected chi connectivity index (χ0v) is 16.6. The highest BCUT2D eigenvalue weighted by Gasteiger charge is 2.34. The summed E-state index contributed by atoms with van der Waals surface area (Å²) in [5, 5.41) is 2.69. The van der Waals surface area contributed by atoms with Gasteiger partial charge in [-0.2, -0.15) is 0 Å². The SMILES string of the molecule is CNC(=O)C1Cc2cc(OC)c(OC)cc2CN1C(=O)CCCn1cccc1. The number of ether oxygens (including phenoxy) is 2. The topological polar surface area (TPSA) is 72.8 Å². The summed E-state index contributed by atoms with van der Waals surface area (Å²) in [5.41, 5.74) is 1.99. The number of carbonyl (C=O) groups is 2. The van der Waals surface area contributed by atoms with Gasteiger partial charge in [0.2, 0.25) is 11.8 Å². The number of nitrogens with zero attached hydrogens (tertiary/aromatic N) is 2. The molecule has 7 heteroatoms. The first-order valence-corrected chi connectivity index (χ1v) is 9.43. The van der Waals surface area contributed by atoms with E-state index in [1.165, 1.54) is 0 Å². The van der Waals surface area contributed by atoms with E-state index in [9.17, 15) is 9.59 Å². The Kier molecular flexibility index (Phi) is 6.23. The summed E-state index contributed by atoms with van der Waals surface area (Å²) in [6, 6.07) is 7.21. The molecule has 2 aromatic rings. The molecule has 0 spiro atoms. The summed E-state index contributed by atoms with van der Waals surface area (Å²) in [6.07, 6.45) is 5.54. The monoisotopic (exact) mass is 385 g/mol. The second kappa shape index (κ2) is 8.82. The summed E-state index contributed by atoms with van der Waals surface area (Å²) in [5.74, 6) is 1.09. The minimum Gasteiger partial charge on any atom is -0.493 e. The Morgan fingerprint density at radius 3 is 2.36 bits per heavy atom. The summed E-state index contributed by atoms with van der Waals surface area (Å²) in [4.78, 5) is 27.1. The molecule has 1 unspecified atom stereocenters. The van der Waals surface area contributed by atoms with E-state index >= 15 is 0 Å². The predicted molar refractivity (Wildman–Crippen MR) is 105 cm³/mol. The highest BCUT2D eigenvalue weighted by Crippen LogP contribution is 2.35. The number of nitrogens with one attached hydrogen (secondary N) is 1. The molecule has 2 heterocycles. The zero-order chi connectivity index (χ0) is 20.1. The van der Waals surface area contributed by atoms with Gasteiger partial charge in [-0.1, -0.05) is 0 Å². The van der Waals surface area contributed by atoms with E-state index in [0.29, 0.717) is 30.9 Å². The molecule has 0 radical (unpaired) electrons. The second-order valence-corrected chi connectivity index (χ2v) is 6.86. The highest BCUT2D eigenvalue weighted by molar-refractivity contribution is 5.88. The summed E-state index contributed by atoms with van der Waals surface area (Å²) < 4.78 is 12.8. The second-order valence-electron chi connectivity index (χ2n) is 6.86. The number of hydrogen-bond acceptors (Lipinski definition) is 4. The third-order valence-corrected chi connectivity index (χ3v) is 5.18. The van der Waals surface area contributed by atoms with E-state index in [4.69, 9.17) is 9.47 Å². The first kappa shape index (κ1) is 19.8. The number of rotatable bonds is 7. The van der Waals surface area contributed by atoms with Crippen molar-refractivity contribution in [3.05, 3.63) is 47.8 Å². The largest absolute Gasteiger partial charge is 0.493 e. The van der Waals surface area contributed by atoms with Crippen LogP contribution in [0.4, 0.5) is 0 Å². The third-order valence-electron chi connectivity index (χ3n) is 5.18. The van der Waals surface area contributed by atoms with Gasteiger partial charge < -0.3 is 24.3 Å². The maximum atomic E-state index is 12.9. The fourth-order valence-electron chi connectivity index (χ4n) is 3.65. The van der Waals surface area contributed by atoms with Gasteiger partial charge in [0.15, 0.2) is 11.5 Å². The van der Waals surface area contributed by atoms with Crippen LogP contribution in [0.3, 0.4) is 0 Å². The first-order valence-electron chi connectivity index (χ1n) is 9.43. The summed E-state index contributed by atoms with van der Waals surface area (Å²) >= 11 is 0. The van der Waals surface area contributed by atoms with E-state index in [-0.39, 0.29) is 11.8 Å². The van der Waals surface area contributed by atoms with Crippen LogP contribution in [0.25, 0.3) is 0 Å². The number of aryl methyl sites for hydroxylation is 1. The van der Waals surface area contributed by atoms with Crippen LogP contribution >= 0.6 is 0 Å². The molecule has 0 bridgehead atoms. The Hall–Kier alpha value is -2.96. The van der Waals surface area contributed by atoms with Crippen LogP contribution in [0.1, 0.15) is 24.0 Å². The van der Waals surface area contributed by atoms with Crippen LogP contribution in [0, 0.1) is 0 Å². The van der Waals surface area contributed by atoms with Gasteiger partial charge in [0, 0.05) is 45.4 Å². The lowest BCUT2D eigenvalue weighted by Crippen LogP contribution is -2.51. The maximum absolute atomic E-state index is 12.9. The number of aromatic nitrogens is 1. The lowest BCUT2D eigenvalue weighted by Gasteiger charge is -2.36. The third kappa shape index (κ3) is 4.13. The Balaban J connectivity index is 1.78. The Bertz CT molecular complexity index is 832. The van der Waals surface area contributed by atoms with Crippen LogP contribution in [0.15, 0.2) is 36.7 Å². The van der Waals surface area contributed by atoms with Gasteiger partial charge in [0.25, 0.3) is 0 Å². The van der Waals surface area contributed by atoms with E-state index in [1.807, 2.05) is 41.2 Å². The number of likely N-dealkylation sites (N-methyl/N-ethyl adjacent to an activating group) is 1. The molecule has 150 valence electrons. The fourth-order valence-corrected chi connectivity index (χ4v) is 3.65. The van der Waals surface area contributed by atoms with Crippen molar-refractivity contribution in [1.82, 2.24) is 14.8 Å². The molecule has 1 atom stereocenters. The van der Waals surface area contributed by atoms with Crippen molar-refractivity contribution < 1.29 is 19.1 Å². The summed E-state index contributed by atoms with van der Waals surface area (Å²) in [6.45, 7) is 1.16.